The summed E-state index contributed by atoms with van der Waals surface area (Å²) in [7, 11) is 0. The topological polar surface area (TPSA) is 40.5 Å². The van der Waals surface area contributed by atoms with Crippen molar-refractivity contribution >= 4 is 0 Å². The molecule has 2 unspecified atom stereocenters. The Morgan fingerprint density at radius 1 is 1.31 bits per heavy atom. The van der Waals surface area contributed by atoms with Crippen molar-refractivity contribution in [2.24, 2.45) is 0 Å². The van der Waals surface area contributed by atoms with Crippen LogP contribution in [0.4, 0.5) is 0 Å². The minimum atomic E-state index is -1.05. The van der Waals surface area contributed by atoms with Gasteiger partial charge in [-0.3, -0.25) is 0 Å². The number of benzene rings is 1. The van der Waals surface area contributed by atoms with Gasteiger partial charge in [-0.15, -0.1) is 0 Å². The maximum atomic E-state index is 10.1. The third-order valence-corrected chi connectivity index (χ3v) is 3.11. The van der Waals surface area contributed by atoms with Gasteiger partial charge in [-0.05, 0) is 30.9 Å². The van der Waals surface area contributed by atoms with E-state index >= 15 is 0 Å². The molecule has 90 valence electrons. The number of hydrogen-bond acceptors (Lipinski definition) is 2. The predicted octanol–water partition coefficient (Wildman–Crippen LogP) is 2.83. The Kier molecular flexibility index (Phi) is 4.51. The number of hydrogen-bond donors (Lipinski definition) is 2. The summed E-state index contributed by atoms with van der Waals surface area (Å²) in [4.78, 5) is 0. The lowest BCUT2D eigenvalue weighted by Gasteiger charge is -2.28. The van der Waals surface area contributed by atoms with E-state index in [2.05, 4.69) is 13.0 Å². The first kappa shape index (κ1) is 13.2. The summed E-state index contributed by atoms with van der Waals surface area (Å²) in [6.45, 7) is 5.68. The van der Waals surface area contributed by atoms with E-state index in [1.807, 2.05) is 25.1 Å². The highest BCUT2D eigenvalue weighted by atomic mass is 16.3. The molecule has 1 aromatic carbocycles. The van der Waals surface area contributed by atoms with Crippen LogP contribution >= 0.6 is 0 Å². The fourth-order valence-corrected chi connectivity index (χ4v) is 1.76. The first-order valence-corrected chi connectivity index (χ1v) is 6.00. The van der Waals surface area contributed by atoms with Crippen LogP contribution in [0.15, 0.2) is 24.3 Å². The second kappa shape index (κ2) is 5.46. The zero-order valence-corrected chi connectivity index (χ0v) is 10.4. The molecule has 0 aliphatic heterocycles. The van der Waals surface area contributed by atoms with Crippen LogP contribution in [0, 0.1) is 0 Å². The molecule has 2 atom stereocenters. The first-order chi connectivity index (χ1) is 7.51. The summed E-state index contributed by atoms with van der Waals surface area (Å²) in [5.74, 6) is 0. The lowest BCUT2D eigenvalue weighted by atomic mass is 9.89. The zero-order valence-electron chi connectivity index (χ0n) is 10.4. The van der Waals surface area contributed by atoms with Crippen molar-refractivity contribution in [2.45, 2.75) is 51.7 Å². The second-order valence-corrected chi connectivity index (χ2v) is 4.61. The van der Waals surface area contributed by atoms with Gasteiger partial charge in [0.25, 0.3) is 0 Å². The molecule has 1 aromatic rings. The highest BCUT2D eigenvalue weighted by molar-refractivity contribution is 5.26. The van der Waals surface area contributed by atoms with E-state index in [4.69, 9.17) is 0 Å². The highest BCUT2D eigenvalue weighted by Crippen LogP contribution is 2.28. The van der Waals surface area contributed by atoms with Crippen LogP contribution < -0.4 is 0 Å². The number of rotatable bonds is 5. The molecule has 0 saturated carbocycles. The summed E-state index contributed by atoms with van der Waals surface area (Å²) >= 11 is 0. The van der Waals surface area contributed by atoms with Gasteiger partial charge in [-0.25, -0.2) is 0 Å². The van der Waals surface area contributed by atoms with Crippen LogP contribution in [0.1, 0.15) is 50.8 Å². The summed E-state index contributed by atoms with van der Waals surface area (Å²) in [5.41, 5.74) is 0.967. The van der Waals surface area contributed by atoms with Crippen molar-refractivity contribution in [3.05, 3.63) is 35.4 Å². The molecule has 2 nitrogen and oxygen atoms in total. The van der Waals surface area contributed by atoms with Gasteiger partial charge in [0, 0.05) is 0 Å². The Labute approximate surface area is 97.9 Å². The Bertz CT molecular complexity index is 331. The fraction of sp³-hybridized carbons (Fsp3) is 0.571. The third kappa shape index (κ3) is 3.06. The molecular formula is C14H22O2. The molecule has 0 bridgehead atoms. The molecule has 0 aliphatic carbocycles. The van der Waals surface area contributed by atoms with Gasteiger partial charge in [0.15, 0.2) is 0 Å². The summed E-state index contributed by atoms with van der Waals surface area (Å²) in [6.07, 6.45) is 1.82. The lowest BCUT2D eigenvalue weighted by Crippen LogP contribution is -2.31. The Morgan fingerprint density at radius 3 is 2.56 bits per heavy atom. The monoisotopic (exact) mass is 222 g/mol. The van der Waals surface area contributed by atoms with E-state index in [9.17, 15) is 10.2 Å². The van der Waals surface area contributed by atoms with Crippen molar-refractivity contribution in [1.82, 2.24) is 0 Å². The molecule has 0 radical (unpaired) electrons. The van der Waals surface area contributed by atoms with Crippen LogP contribution in [-0.4, -0.2) is 15.8 Å². The van der Waals surface area contributed by atoms with Gasteiger partial charge in [0.2, 0.25) is 0 Å². The quantitative estimate of drug-likeness (QED) is 0.804. The van der Waals surface area contributed by atoms with Gasteiger partial charge in [0.1, 0.15) is 6.10 Å². The van der Waals surface area contributed by atoms with Crippen LogP contribution in [-0.2, 0) is 6.42 Å². The molecule has 2 heteroatoms. The summed E-state index contributed by atoms with van der Waals surface area (Å²) < 4.78 is 0. The van der Waals surface area contributed by atoms with Gasteiger partial charge in [0.05, 0.1) is 5.60 Å². The van der Waals surface area contributed by atoms with E-state index in [0.29, 0.717) is 6.42 Å². The molecule has 1 rings (SSSR count). The van der Waals surface area contributed by atoms with Crippen LogP contribution in [0.3, 0.4) is 0 Å². The highest BCUT2D eigenvalue weighted by Gasteiger charge is 2.29. The number of aliphatic hydroxyl groups excluding tert-OH is 1. The molecule has 0 fully saturated rings. The largest absolute Gasteiger partial charge is 0.387 e. The van der Waals surface area contributed by atoms with E-state index in [1.165, 1.54) is 5.56 Å². The van der Waals surface area contributed by atoms with Crippen LogP contribution in [0.5, 0.6) is 0 Å². The molecule has 0 amide bonds. The van der Waals surface area contributed by atoms with Gasteiger partial charge in [-0.1, -0.05) is 44.5 Å². The van der Waals surface area contributed by atoms with Crippen molar-refractivity contribution in [3.8, 4) is 0 Å². The van der Waals surface area contributed by atoms with Crippen LogP contribution in [0.25, 0.3) is 0 Å². The van der Waals surface area contributed by atoms with Gasteiger partial charge >= 0.3 is 0 Å². The Balaban J connectivity index is 2.91. The summed E-state index contributed by atoms with van der Waals surface area (Å²) in [6, 6.07) is 7.85. The number of aryl methyl sites for hydroxylation is 1. The minimum Gasteiger partial charge on any atom is -0.387 e. The van der Waals surface area contributed by atoms with Crippen molar-refractivity contribution in [1.29, 1.82) is 0 Å². The fourth-order valence-electron chi connectivity index (χ4n) is 1.76. The maximum absolute atomic E-state index is 10.1. The summed E-state index contributed by atoms with van der Waals surface area (Å²) in [5, 5.41) is 20.1. The zero-order chi connectivity index (χ0) is 12.2. The predicted molar refractivity (Wildman–Crippen MR) is 66.3 cm³/mol. The lowest BCUT2D eigenvalue weighted by molar-refractivity contribution is -0.0658. The molecular weight excluding hydrogens is 200 g/mol. The van der Waals surface area contributed by atoms with Crippen molar-refractivity contribution in [3.63, 3.8) is 0 Å². The first-order valence-electron chi connectivity index (χ1n) is 6.00. The molecule has 2 N–H and O–H groups in total. The van der Waals surface area contributed by atoms with E-state index < -0.39 is 11.7 Å². The van der Waals surface area contributed by atoms with Crippen molar-refractivity contribution < 1.29 is 10.2 Å². The SMILES string of the molecule is CCCc1cccc(C(O)C(C)(O)CC)c1. The molecule has 0 aliphatic rings. The molecule has 0 saturated heterocycles. The molecule has 0 spiro atoms. The average molecular weight is 222 g/mol. The van der Waals surface area contributed by atoms with Crippen molar-refractivity contribution in [2.75, 3.05) is 0 Å². The third-order valence-electron chi connectivity index (χ3n) is 3.11. The van der Waals surface area contributed by atoms with E-state index in [0.717, 1.165) is 18.4 Å². The normalized spacial score (nSPS) is 16.8. The standard InChI is InChI=1S/C14H22O2/c1-4-7-11-8-6-9-12(10-11)13(15)14(3,16)5-2/h6,8-10,13,15-16H,4-5,7H2,1-3H3. The van der Waals surface area contributed by atoms with Gasteiger partial charge in [-0.2, -0.15) is 0 Å². The Morgan fingerprint density at radius 2 is 2.00 bits per heavy atom. The Hall–Kier alpha value is -0.860. The van der Waals surface area contributed by atoms with Gasteiger partial charge < -0.3 is 10.2 Å². The van der Waals surface area contributed by atoms with Crippen LogP contribution in [0.2, 0.25) is 0 Å². The molecule has 0 aromatic heterocycles. The second-order valence-electron chi connectivity index (χ2n) is 4.61. The average Bonchev–Trinajstić information content (AvgIpc) is 2.29. The smallest absolute Gasteiger partial charge is 0.107 e. The minimum absolute atomic E-state index is 0.534. The van der Waals surface area contributed by atoms with E-state index in [1.54, 1.807) is 6.92 Å². The molecule has 16 heavy (non-hydrogen) atoms. The maximum Gasteiger partial charge on any atom is 0.107 e. The number of aliphatic hydroxyl groups is 2. The van der Waals surface area contributed by atoms with E-state index in [-0.39, 0.29) is 0 Å². The molecule has 0 heterocycles.